The van der Waals surface area contributed by atoms with Crippen LogP contribution in [0.25, 0.3) is 33.1 Å². The first kappa shape index (κ1) is 25.9. The predicted molar refractivity (Wildman–Crippen MR) is 157 cm³/mol. The number of H-pyrrole nitrogens is 1. The molecule has 8 nitrogen and oxygen atoms in total. The Hall–Kier alpha value is -5.31. The standard InChI is InChI=1S/C32H27FN6O2/c1-20-36-29-18-34-15-14-30(29)38(20)19-21-4-11-25(12-5-21)39(32(41)37(2)3)31(40)27-17-35-28-16-23(8-13-26(27)28)22-6-9-24(33)10-7-22/h4-18,35H,19H2,1-3H3. The van der Waals surface area contributed by atoms with E-state index in [1.807, 2.05) is 43.3 Å². The molecule has 3 amide bonds. The fraction of sp³-hybridized carbons (Fsp3) is 0.125. The van der Waals surface area contributed by atoms with E-state index in [1.54, 1.807) is 57.0 Å². The Balaban J connectivity index is 1.31. The summed E-state index contributed by atoms with van der Waals surface area (Å²) in [6.07, 6.45) is 5.11. The van der Waals surface area contributed by atoms with Crippen LogP contribution >= 0.6 is 0 Å². The number of aryl methyl sites for hydroxylation is 1. The van der Waals surface area contributed by atoms with Crippen LogP contribution in [0.2, 0.25) is 0 Å². The van der Waals surface area contributed by atoms with E-state index in [-0.39, 0.29) is 5.82 Å². The van der Waals surface area contributed by atoms with Gasteiger partial charge in [0.05, 0.1) is 23.0 Å². The summed E-state index contributed by atoms with van der Waals surface area (Å²) in [5, 5.41) is 0.686. The Morgan fingerprint density at radius 3 is 2.41 bits per heavy atom. The van der Waals surface area contributed by atoms with Gasteiger partial charge in [-0.2, -0.15) is 0 Å². The highest BCUT2D eigenvalue weighted by Gasteiger charge is 2.28. The summed E-state index contributed by atoms with van der Waals surface area (Å²) in [5.41, 5.74) is 6.13. The highest BCUT2D eigenvalue weighted by molar-refractivity contribution is 6.24. The number of hydrogen-bond donors (Lipinski definition) is 1. The maximum atomic E-state index is 13.9. The lowest BCUT2D eigenvalue weighted by atomic mass is 10.0. The smallest absolute Gasteiger partial charge is 0.331 e. The number of rotatable bonds is 5. The van der Waals surface area contributed by atoms with Crippen LogP contribution in [-0.4, -0.2) is 50.5 Å². The monoisotopic (exact) mass is 546 g/mol. The molecule has 0 unspecified atom stereocenters. The maximum Gasteiger partial charge on any atom is 0.331 e. The Kier molecular flexibility index (Phi) is 6.55. The van der Waals surface area contributed by atoms with Gasteiger partial charge in [0.15, 0.2) is 0 Å². The summed E-state index contributed by atoms with van der Waals surface area (Å²) >= 11 is 0. The van der Waals surface area contributed by atoms with Gasteiger partial charge in [-0.25, -0.2) is 19.1 Å². The number of carbonyl (C=O) groups is 2. The van der Waals surface area contributed by atoms with Crippen molar-refractivity contribution in [2.75, 3.05) is 19.0 Å². The van der Waals surface area contributed by atoms with Gasteiger partial charge in [0.1, 0.15) is 17.2 Å². The number of urea groups is 1. The zero-order chi connectivity index (χ0) is 28.7. The Bertz CT molecular complexity index is 1910. The zero-order valence-electron chi connectivity index (χ0n) is 22.8. The van der Waals surface area contributed by atoms with E-state index in [9.17, 15) is 14.0 Å². The van der Waals surface area contributed by atoms with Gasteiger partial charge in [0.25, 0.3) is 5.91 Å². The lowest BCUT2D eigenvalue weighted by Crippen LogP contribution is -2.43. The average Bonchev–Trinajstić information content (AvgIpc) is 3.54. The molecule has 0 bridgehead atoms. The first-order valence-corrected chi connectivity index (χ1v) is 13.1. The van der Waals surface area contributed by atoms with E-state index in [0.717, 1.165) is 39.1 Å². The molecule has 204 valence electrons. The quantitative estimate of drug-likeness (QED) is 0.271. The highest BCUT2D eigenvalue weighted by Crippen LogP contribution is 2.29. The SMILES string of the molecule is Cc1nc2cnccc2n1Cc1ccc(N(C(=O)c2c[nH]c3cc(-c4ccc(F)cc4)ccc23)C(=O)N(C)C)cc1. The number of carbonyl (C=O) groups excluding carboxylic acids is 2. The number of nitrogens with one attached hydrogen (secondary N) is 1. The zero-order valence-corrected chi connectivity index (χ0v) is 22.8. The van der Waals surface area contributed by atoms with E-state index < -0.39 is 11.9 Å². The van der Waals surface area contributed by atoms with E-state index in [4.69, 9.17) is 0 Å². The molecule has 3 aromatic carbocycles. The lowest BCUT2D eigenvalue weighted by Gasteiger charge is -2.24. The van der Waals surface area contributed by atoms with Crippen LogP contribution in [0, 0.1) is 12.7 Å². The molecule has 6 aromatic rings. The number of amides is 3. The van der Waals surface area contributed by atoms with Gasteiger partial charge >= 0.3 is 6.03 Å². The molecule has 0 radical (unpaired) electrons. The van der Waals surface area contributed by atoms with Gasteiger partial charge in [0.2, 0.25) is 0 Å². The third-order valence-electron chi connectivity index (χ3n) is 7.14. The third-order valence-corrected chi connectivity index (χ3v) is 7.14. The molecule has 0 aliphatic rings. The molecule has 9 heteroatoms. The molecule has 0 saturated heterocycles. The summed E-state index contributed by atoms with van der Waals surface area (Å²) in [7, 11) is 3.23. The summed E-state index contributed by atoms with van der Waals surface area (Å²) in [6.45, 7) is 2.54. The second-order valence-corrected chi connectivity index (χ2v) is 10.1. The number of fused-ring (bicyclic) bond motifs is 2. The molecule has 0 aliphatic heterocycles. The number of imidazole rings is 1. The van der Waals surface area contributed by atoms with Gasteiger partial charge in [-0.05, 0) is 60.0 Å². The summed E-state index contributed by atoms with van der Waals surface area (Å²) < 4.78 is 15.5. The number of aromatic nitrogens is 4. The average molecular weight is 547 g/mol. The molecule has 1 N–H and O–H groups in total. The molecular weight excluding hydrogens is 519 g/mol. The molecular formula is C32H27FN6O2. The molecule has 0 atom stereocenters. The second-order valence-electron chi connectivity index (χ2n) is 10.1. The van der Waals surface area contributed by atoms with E-state index >= 15 is 0 Å². The number of anilines is 1. The van der Waals surface area contributed by atoms with E-state index in [0.29, 0.717) is 23.2 Å². The number of nitrogens with zero attached hydrogens (tertiary/aromatic N) is 5. The van der Waals surface area contributed by atoms with Crippen molar-refractivity contribution in [3.05, 3.63) is 114 Å². The maximum absolute atomic E-state index is 13.9. The van der Waals surface area contributed by atoms with Gasteiger partial charge < -0.3 is 14.5 Å². The predicted octanol–water partition coefficient (Wildman–Crippen LogP) is 6.40. The van der Waals surface area contributed by atoms with Crippen LogP contribution < -0.4 is 4.90 Å². The van der Waals surface area contributed by atoms with Crippen LogP contribution in [0.15, 0.2) is 91.4 Å². The van der Waals surface area contributed by atoms with Crippen molar-refractivity contribution in [3.8, 4) is 11.1 Å². The largest absolute Gasteiger partial charge is 0.360 e. The molecule has 0 saturated carbocycles. The topological polar surface area (TPSA) is 87.1 Å². The minimum absolute atomic E-state index is 0.302. The van der Waals surface area contributed by atoms with Crippen molar-refractivity contribution >= 4 is 39.6 Å². The minimum Gasteiger partial charge on any atom is -0.360 e. The van der Waals surface area contributed by atoms with Crippen molar-refractivity contribution in [2.24, 2.45) is 0 Å². The fourth-order valence-corrected chi connectivity index (χ4v) is 4.99. The highest BCUT2D eigenvalue weighted by atomic mass is 19.1. The fourth-order valence-electron chi connectivity index (χ4n) is 4.99. The van der Waals surface area contributed by atoms with Crippen LogP contribution in [0.4, 0.5) is 14.9 Å². The van der Waals surface area contributed by atoms with E-state index in [2.05, 4.69) is 19.5 Å². The number of aromatic amines is 1. The van der Waals surface area contributed by atoms with Gasteiger partial charge in [-0.1, -0.05) is 36.4 Å². The third kappa shape index (κ3) is 4.82. The number of hydrogen-bond acceptors (Lipinski definition) is 4. The Labute approximate surface area is 235 Å². The minimum atomic E-state index is -0.455. The van der Waals surface area contributed by atoms with E-state index in [1.165, 1.54) is 21.9 Å². The molecule has 0 fully saturated rings. The number of pyridine rings is 1. The number of imide groups is 1. The van der Waals surface area contributed by atoms with Crippen LogP contribution in [0.3, 0.4) is 0 Å². The molecule has 0 aliphatic carbocycles. The van der Waals surface area contributed by atoms with Crippen molar-refractivity contribution in [1.29, 1.82) is 0 Å². The van der Waals surface area contributed by atoms with Crippen LogP contribution in [0.5, 0.6) is 0 Å². The summed E-state index contributed by atoms with van der Waals surface area (Å²) in [4.78, 5) is 41.6. The van der Waals surface area contributed by atoms with Crippen molar-refractivity contribution in [3.63, 3.8) is 0 Å². The summed E-state index contributed by atoms with van der Waals surface area (Å²) in [5.74, 6) is 0.129. The van der Waals surface area contributed by atoms with Gasteiger partial charge in [0, 0.05) is 43.9 Å². The van der Waals surface area contributed by atoms with Crippen LogP contribution in [-0.2, 0) is 6.54 Å². The molecule has 41 heavy (non-hydrogen) atoms. The van der Waals surface area contributed by atoms with Crippen LogP contribution in [0.1, 0.15) is 21.7 Å². The van der Waals surface area contributed by atoms with Crippen molar-refractivity contribution < 1.29 is 14.0 Å². The van der Waals surface area contributed by atoms with Gasteiger partial charge in [-0.3, -0.25) is 9.78 Å². The summed E-state index contributed by atoms with van der Waals surface area (Å²) in [6, 6.07) is 20.7. The second kappa shape index (κ2) is 10.3. The normalized spacial score (nSPS) is 11.2. The molecule has 0 spiro atoms. The number of halogens is 1. The number of benzene rings is 3. The Morgan fingerprint density at radius 1 is 0.951 bits per heavy atom. The van der Waals surface area contributed by atoms with Crippen molar-refractivity contribution in [1.82, 2.24) is 24.4 Å². The lowest BCUT2D eigenvalue weighted by molar-refractivity contribution is 0.0990. The first-order chi connectivity index (χ1) is 19.8. The molecule has 3 heterocycles. The van der Waals surface area contributed by atoms with Crippen molar-refractivity contribution in [2.45, 2.75) is 13.5 Å². The first-order valence-electron chi connectivity index (χ1n) is 13.1. The van der Waals surface area contributed by atoms with Gasteiger partial charge in [-0.15, -0.1) is 0 Å². The molecule has 3 aromatic heterocycles. The molecule has 6 rings (SSSR count). The Morgan fingerprint density at radius 2 is 1.68 bits per heavy atom.